The van der Waals surface area contributed by atoms with Gasteiger partial charge in [0.1, 0.15) is 0 Å². The molecule has 2 aliphatic carbocycles. The Kier molecular flexibility index (Phi) is 4.22. The third-order valence-corrected chi connectivity index (χ3v) is 9.34. The fourth-order valence-corrected chi connectivity index (χ4v) is 8.43. The molecule has 0 radical (unpaired) electrons. The molecule has 0 N–H and O–H groups in total. The number of carbonyl (C=O) groups is 1. The van der Waals surface area contributed by atoms with E-state index in [4.69, 9.17) is 5.26 Å². The number of anilines is 1. The van der Waals surface area contributed by atoms with Crippen molar-refractivity contribution >= 4 is 21.6 Å². The molecule has 2 bridgehead atoms. The van der Waals surface area contributed by atoms with E-state index in [1.165, 1.54) is 31.1 Å². The minimum atomic E-state index is -4.80. The lowest BCUT2D eigenvalue weighted by atomic mass is 9.77. The fraction of sp³-hybridized carbons (Fsp3) is 0.579. The topological polar surface area (TPSA) is 81.5 Å². The molecule has 1 heterocycles. The number of nitrogens with zero attached hydrogens (tertiary/aromatic N) is 3. The van der Waals surface area contributed by atoms with Crippen molar-refractivity contribution in [1.29, 1.82) is 5.26 Å². The van der Waals surface area contributed by atoms with Crippen LogP contribution in [-0.4, -0.2) is 44.6 Å². The lowest BCUT2D eigenvalue weighted by molar-refractivity contribution is -0.137. The molecule has 1 aromatic rings. The summed E-state index contributed by atoms with van der Waals surface area (Å²) in [5, 5.41) is 8.99. The average Bonchev–Trinajstić information content (AvgIpc) is 3.30. The van der Waals surface area contributed by atoms with Gasteiger partial charge in [-0.3, -0.25) is 9.10 Å². The van der Waals surface area contributed by atoms with E-state index in [9.17, 15) is 26.4 Å². The van der Waals surface area contributed by atoms with E-state index in [2.05, 4.69) is 0 Å². The molecule has 1 aliphatic heterocycles. The van der Waals surface area contributed by atoms with Crippen molar-refractivity contribution in [3.63, 3.8) is 0 Å². The number of hydrogen-bond donors (Lipinski definition) is 0. The van der Waals surface area contributed by atoms with Crippen LogP contribution >= 0.6 is 0 Å². The minimum absolute atomic E-state index is 0.0216. The second kappa shape index (κ2) is 6.11. The summed E-state index contributed by atoms with van der Waals surface area (Å²) in [4.78, 5) is 14.4. The Bertz CT molecular complexity index is 1030. The van der Waals surface area contributed by atoms with Crippen LogP contribution in [0, 0.1) is 29.1 Å². The van der Waals surface area contributed by atoms with Gasteiger partial charge in [0.05, 0.1) is 22.9 Å². The molecule has 1 saturated heterocycles. The zero-order valence-electron chi connectivity index (χ0n) is 15.9. The van der Waals surface area contributed by atoms with E-state index in [1.807, 2.05) is 0 Å². The first-order chi connectivity index (χ1) is 13.5. The smallest absolute Gasteiger partial charge is 0.347 e. The number of carbonyl (C=O) groups excluding carboxylic acids is 1. The quantitative estimate of drug-likeness (QED) is 0.727. The number of alkyl halides is 3. The molecular formula is C19H20F3N3O3S. The van der Waals surface area contributed by atoms with Crippen molar-refractivity contribution in [3.8, 4) is 6.07 Å². The summed E-state index contributed by atoms with van der Waals surface area (Å²) in [6, 6.07) is 4.39. The van der Waals surface area contributed by atoms with E-state index < -0.39 is 43.9 Å². The van der Waals surface area contributed by atoms with Gasteiger partial charge in [-0.25, -0.2) is 8.42 Å². The third kappa shape index (κ3) is 2.46. The van der Waals surface area contributed by atoms with Crippen molar-refractivity contribution < 1.29 is 26.4 Å². The van der Waals surface area contributed by atoms with Gasteiger partial charge in [-0.2, -0.15) is 18.4 Å². The van der Waals surface area contributed by atoms with Crippen LogP contribution in [0.15, 0.2) is 18.2 Å². The molecule has 0 aromatic heterocycles. The molecule has 4 atom stereocenters. The molecule has 0 spiro atoms. The first kappa shape index (κ1) is 20.0. The standard InChI is InChI=1S/C19H20F3N3O3S/c1-24(2)17(26)18-13-5-3-11(7-13)16(18)10-25(29(18,27)28)14-6-4-12(9-23)15(8-14)19(20,21)22/h4,6,8,11,13,16H,3,5,7,10H2,1-2H3/t11-,13+,16-,18+/m0/s1. The van der Waals surface area contributed by atoms with Gasteiger partial charge in [0, 0.05) is 26.6 Å². The van der Waals surface area contributed by atoms with Crippen molar-refractivity contribution in [1.82, 2.24) is 4.90 Å². The molecule has 0 unspecified atom stereocenters. The maximum absolute atomic E-state index is 13.7. The number of nitriles is 1. The van der Waals surface area contributed by atoms with Gasteiger partial charge >= 0.3 is 6.18 Å². The number of benzene rings is 1. The third-order valence-electron chi connectivity index (χ3n) is 6.74. The number of amides is 1. The zero-order valence-corrected chi connectivity index (χ0v) is 16.7. The second-order valence-corrected chi connectivity index (χ2v) is 10.3. The largest absolute Gasteiger partial charge is 0.417 e. The summed E-state index contributed by atoms with van der Waals surface area (Å²) in [6.07, 6.45) is -2.70. The molecule has 2 saturated carbocycles. The summed E-state index contributed by atoms with van der Waals surface area (Å²) in [5.41, 5.74) is -1.91. The van der Waals surface area contributed by atoms with E-state index in [0.717, 1.165) is 16.8 Å². The predicted molar refractivity (Wildman–Crippen MR) is 98.2 cm³/mol. The Labute approximate surface area is 166 Å². The molecule has 4 rings (SSSR count). The van der Waals surface area contributed by atoms with Gasteiger partial charge in [-0.1, -0.05) is 0 Å². The highest BCUT2D eigenvalue weighted by molar-refractivity contribution is 7.95. The summed E-state index contributed by atoms with van der Waals surface area (Å²) in [5.74, 6) is -1.22. The molecule has 29 heavy (non-hydrogen) atoms. The number of rotatable bonds is 2. The summed E-state index contributed by atoms with van der Waals surface area (Å²) in [7, 11) is -1.24. The highest BCUT2D eigenvalue weighted by Crippen LogP contribution is 2.63. The van der Waals surface area contributed by atoms with Crippen molar-refractivity contribution in [3.05, 3.63) is 29.3 Å². The SMILES string of the molecule is CN(C)C(=O)[C@@]12[C@@H]3CC[C@@H](C3)[C@@H]1CN(c1ccc(C#N)c(C(F)(F)F)c1)S2(=O)=O. The Morgan fingerprint density at radius 2 is 2.00 bits per heavy atom. The Balaban J connectivity index is 1.87. The van der Waals surface area contributed by atoms with Crippen LogP contribution in [0.5, 0.6) is 0 Å². The van der Waals surface area contributed by atoms with Crippen LogP contribution in [0.3, 0.4) is 0 Å². The highest BCUT2D eigenvalue weighted by Gasteiger charge is 2.74. The molecule has 10 heteroatoms. The molecule has 3 aliphatic rings. The minimum Gasteiger partial charge on any atom is -0.347 e. The maximum Gasteiger partial charge on any atom is 0.417 e. The van der Waals surface area contributed by atoms with Crippen LogP contribution in [0.1, 0.15) is 30.4 Å². The van der Waals surface area contributed by atoms with Gasteiger partial charge < -0.3 is 4.90 Å². The van der Waals surface area contributed by atoms with E-state index in [1.54, 1.807) is 0 Å². The summed E-state index contributed by atoms with van der Waals surface area (Å²) >= 11 is 0. The fourth-order valence-electron chi connectivity index (χ4n) is 5.63. The van der Waals surface area contributed by atoms with Gasteiger partial charge in [-0.05, 0) is 49.3 Å². The predicted octanol–water partition coefficient (Wildman–Crippen LogP) is 2.60. The monoisotopic (exact) mass is 427 g/mol. The molecule has 6 nitrogen and oxygen atoms in total. The average molecular weight is 427 g/mol. The highest BCUT2D eigenvalue weighted by atomic mass is 32.2. The summed E-state index contributed by atoms with van der Waals surface area (Å²) < 4.78 is 66.9. The lowest BCUT2D eigenvalue weighted by Gasteiger charge is -2.37. The maximum atomic E-state index is 13.7. The number of hydrogen-bond acceptors (Lipinski definition) is 4. The van der Waals surface area contributed by atoms with E-state index >= 15 is 0 Å². The normalized spacial score (nSPS) is 32.1. The Morgan fingerprint density at radius 3 is 2.59 bits per heavy atom. The molecule has 156 valence electrons. The summed E-state index contributed by atoms with van der Waals surface area (Å²) in [6.45, 7) is -0.0216. The van der Waals surface area contributed by atoms with Crippen LogP contribution in [0.25, 0.3) is 0 Å². The van der Waals surface area contributed by atoms with Crippen molar-refractivity contribution in [2.24, 2.45) is 17.8 Å². The van der Waals surface area contributed by atoms with Crippen molar-refractivity contribution in [2.45, 2.75) is 30.2 Å². The Hall–Kier alpha value is -2.28. The van der Waals surface area contributed by atoms with E-state index in [-0.39, 0.29) is 24.1 Å². The molecular weight excluding hydrogens is 407 g/mol. The number of sulfonamides is 1. The van der Waals surface area contributed by atoms with Crippen LogP contribution in [0.4, 0.5) is 18.9 Å². The first-order valence-electron chi connectivity index (χ1n) is 9.31. The first-order valence-corrected chi connectivity index (χ1v) is 10.8. The van der Waals surface area contributed by atoms with Gasteiger partial charge in [0.2, 0.25) is 5.91 Å². The zero-order chi connectivity index (χ0) is 21.4. The molecule has 1 aromatic carbocycles. The number of fused-ring (bicyclic) bond motifs is 5. The van der Waals surface area contributed by atoms with E-state index in [0.29, 0.717) is 18.9 Å². The Morgan fingerprint density at radius 1 is 1.31 bits per heavy atom. The number of halogens is 3. The van der Waals surface area contributed by atoms with Crippen LogP contribution in [-0.2, 0) is 21.0 Å². The van der Waals surface area contributed by atoms with Gasteiger partial charge in [0.25, 0.3) is 10.0 Å². The van der Waals surface area contributed by atoms with Crippen molar-refractivity contribution in [2.75, 3.05) is 24.9 Å². The van der Waals surface area contributed by atoms with Gasteiger partial charge in [-0.15, -0.1) is 0 Å². The second-order valence-electron chi connectivity index (χ2n) is 8.24. The molecule has 1 amide bonds. The van der Waals surface area contributed by atoms with Crippen LogP contribution < -0.4 is 4.31 Å². The van der Waals surface area contributed by atoms with Crippen LogP contribution in [0.2, 0.25) is 0 Å². The van der Waals surface area contributed by atoms with Gasteiger partial charge in [0.15, 0.2) is 4.75 Å². The molecule has 3 fully saturated rings. The lowest BCUT2D eigenvalue weighted by Crippen LogP contribution is -2.58.